The van der Waals surface area contributed by atoms with Gasteiger partial charge in [-0.05, 0) is 0 Å². The summed E-state index contributed by atoms with van der Waals surface area (Å²) >= 11 is 0. The van der Waals surface area contributed by atoms with Crippen LogP contribution in [0.3, 0.4) is 0 Å². The molecule has 1 atom stereocenters. The second kappa shape index (κ2) is 5.81. The summed E-state index contributed by atoms with van der Waals surface area (Å²) in [6.45, 7) is 1.61. The number of likely N-dealkylation sites (N-methyl/N-ethyl adjacent to an activating group) is 1. The van der Waals surface area contributed by atoms with Gasteiger partial charge in [0.25, 0.3) is 0 Å². The van der Waals surface area contributed by atoms with Crippen LogP contribution in [0.2, 0.25) is 0 Å². The second-order valence-corrected chi connectivity index (χ2v) is 3.87. The van der Waals surface area contributed by atoms with E-state index < -0.39 is 6.04 Å². The van der Waals surface area contributed by atoms with E-state index in [1.807, 2.05) is 0 Å². The quantitative estimate of drug-likeness (QED) is 0.579. The summed E-state index contributed by atoms with van der Waals surface area (Å²) in [5.41, 5.74) is 0. The van der Waals surface area contributed by atoms with Gasteiger partial charge < -0.3 is 14.4 Å². The molecule has 0 bridgehead atoms. The van der Waals surface area contributed by atoms with Crippen molar-refractivity contribution in [3.8, 4) is 0 Å². The Morgan fingerprint density at radius 1 is 1.50 bits per heavy atom. The van der Waals surface area contributed by atoms with Gasteiger partial charge in [-0.1, -0.05) is 0 Å². The molecule has 1 saturated heterocycles. The number of carbonyl (C=O) groups excluding carboxylic acids is 2. The van der Waals surface area contributed by atoms with Crippen molar-refractivity contribution >= 4 is 11.9 Å². The molecule has 16 heavy (non-hydrogen) atoms. The first-order valence-corrected chi connectivity index (χ1v) is 5.16. The van der Waals surface area contributed by atoms with Crippen LogP contribution in [0.25, 0.3) is 0 Å². The second-order valence-electron chi connectivity index (χ2n) is 3.87. The largest absolute Gasteiger partial charge is 0.468 e. The first-order chi connectivity index (χ1) is 7.56. The first kappa shape index (κ1) is 12.9. The van der Waals surface area contributed by atoms with Gasteiger partial charge in [0.05, 0.1) is 26.9 Å². The van der Waals surface area contributed by atoms with Crippen molar-refractivity contribution in [2.45, 2.75) is 6.04 Å². The zero-order valence-corrected chi connectivity index (χ0v) is 9.93. The molecule has 0 aromatic rings. The number of hydrogen-bond donors (Lipinski definition) is 0. The van der Waals surface area contributed by atoms with Gasteiger partial charge in [-0.2, -0.15) is 0 Å². The van der Waals surface area contributed by atoms with Crippen LogP contribution in [0.5, 0.6) is 0 Å². The maximum Gasteiger partial charge on any atom is 0.325 e. The van der Waals surface area contributed by atoms with E-state index >= 15 is 0 Å². The summed E-state index contributed by atoms with van der Waals surface area (Å²) < 4.78 is 9.89. The van der Waals surface area contributed by atoms with Crippen LogP contribution < -0.4 is 0 Å². The van der Waals surface area contributed by atoms with Gasteiger partial charge in [-0.15, -0.1) is 0 Å². The van der Waals surface area contributed by atoms with E-state index in [9.17, 15) is 9.59 Å². The number of esters is 1. The molecule has 92 valence electrons. The summed E-state index contributed by atoms with van der Waals surface area (Å²) in [6.07, 6.45) is 0. The predicted octanol–water partition coefficient (Wildman–Crippen LogP) is -1.05. The highest BCUT2D eigenvalue weighted by Gasteiger charge is 2.31. The van der Waals surface area contributed by atoms with Gasteiger partial charge in [0.15, 0.2) is 0 Å². The third-order valence-corrected chi connectivity index (χ3v) is 2.55. The molecule has 0 spiro atoms. The van der Waals surface area contributed by atoms with E-state index in [2.05, 4.69) is 4.74 Å². The van der Waals surface area contributed by atoms with E-state index in [-0.39, 0.29) is 25.0 Å². The Labute approximate surface area is 95.1 Å². The van der Waals surface area contributed by atoms with Gasteiger partial charge in [-0.3, -0.25) is 14.5 Å². The maximum atomic E-state index is 11.6. The Hall–Kier alpha value is -1.14. The number of rotatable bonds is 3. The Balaban J connectivity index is 2.60. The SMILES string of the molecule is COC(=O)C1COCCN1CC(=O)N(C)C. The van der Waals surface area contributed by atoms with Crippen molar-refractivity contribution in [1.82, 2.24) is 9.80 Å². The highest BCUT2D eigenvalue weighted by atomic mass is 16.5. The lowest BCUT2D eigenvalue weighted by atomic mass is 10.2. The van der Waals surface area contributed by atoms with Crippen LogP contribution in [-0.2, 0) is 19.1 Å². The van der Waals surface area contributed by atoms with Crippen molar-refractivity contribution in [2.75, 3.05) is 47.5 Å². The van der Waals surface area contributed by atoms with Crippen molar-refractivity contribution < 1.29 is 19.1 Å². The Kier molecular flexibility index (Phi) is 4.70. The van der Waals surface area contributed by atoms with E-state index in [0.717, 1.165) is 0 Å². The predicted molar refractivity (Wildman–Crippen MR) is 56.9 cm³/mol. The summed E-state index contributed by atoms with van der Waals surface area (Å²) in [5.74, 6) is -0.387. The van der Waals surface area contributed by atoms with E-state index in [0.29, 0.717) is 13.2 Å². The fourth-order valence-electron chi connectivity index (χ4n) is 1.50. The van der Waals surface area contributed by atoms with Crippen LogP contribution in [0, 0.1) is 0 Å². The zero-order chi connectivity index (χ0) is 12.1. The lowest BCUT2D eigenvalue weighted by molar-refractivity contribution is -0.154. The molecule has 0 radical (unpaired) electrons. The van der Waals surface area contributed by atoms with Crippen molar-refractivity contribution in [2.24, 2.45) is 0 Å². The molecule has 1 rings (SSSR count). The maximum absolute atomic E-state index is 11.6. The number of morpholine rings is 1. The van der Waals surface area contributed by atoms with Crippen LogP contribution >= 0.6 is 0 Å². The molecule has 1 aliphatic rings. The average molecular weight is 230 g/mol. The van der Waals surface area contributed by atoms with Gasteiger partial charge in [-0.25, -0.2) is 0 Å². The standard InChI is InChI=1S/C10H18N2O4/c1-11(2)9(13)6-12-4-5-16-7-8(12)10(14)15-3/h8H,4-7H2,1-3H3. The van der Waals surface area contributed by atoms with Crippen molar-refractivity contribution in [3.63, 3.8) is 0 Å². The summed E-state index contributed by atoms with van der Waals surface area (Å²) in [6, 6.07) is -0.470. The van der Waals surface area contributed by atoms with Crippen LogP contribution in [0.15, 0.2) is 0 Å². The van der Waals surface area contributed by atoms with Gasteiger partial charge >= 0.3 is 5.97 Å². The molecule has 6 nitrogen and oxygen atoms in total. The number of methoxy groups -OCH3 is 1. The van der Waals surface area contributed by atoms with Gasteiger partial charge in [0, 0.05) is 20.6 Å². The van der Waals surface area contributed by atoms with Crippen molar-refractivity contribution in [3.05, 3.63) is 0 Å². The highest BCUT2D eigenvalue weighted by molar-refractivity contribution is 5.80. The lowest BCUT2D eigenvalue weighted by Gasteiger charge is -2.33. The topological polar surface area (TPSA) is 59.1 Å². The molecular formula is C10H18N2O4. The fourth-order valence-corrected chi connectivity index (χ4v) is 1.50. The number of nitrogens with zero attached hydrogens (tertiary/aromatic N) is 2. The van der Waals surface area contributed by atoms with E-state index in [1.165, 1.54) is 12.0 Å². The van der Waals surface area contributed by atoms with Crippen molar-refractivity contribution in [1.29, 1.82) is 0 Å². The van der Waals surface area contributed by atoms with Gasteiger partial charge in [0.2, 0.25) is 5.91 Å². The minimum absolute atomic E-state index is 0.0317. The van der Waals surface area contributed by atoms with E-state index in [4.69, 9.17) is 4.74 Å². The molecule has 1 aliphatic heterocycles. The summed E-state index contributed by atoms with van der Waals surface area (Å²) in [4.78, 5) is 26.3. The average Bonchev–Trinajstić information content (AvgIpc) is 2.28. The van der Waals surface area contributed by atoms with Crippen LogP contribution in [0.1, 0.15) is 0 Å². The minimum atomic E-state index is -0.470. The Morgan fingerprint density at radius 3 is 2.75 bits per heavy atom. The molecule has 0 N–H and O–H groups in total. The van der Waals surface area contributed by atoms with Crippen LogP contribution in [-0.4, -0.2) is 75.2 Å². The number of ether oxygens (including phenoxy) is 2. The third-order valence-electron chi connectivity index (χ3n) is 2.55. The normalized spacial score (nSPS) is 21.6. The lowest BCUT2D eigenvalue weighted by Crippen LogP contribution is -2.53. The molecule has 0 aromatic heterocycles. The molecular weight excluding hydrogens is 212 g/mol. The van der Waals surface area contributed by atoms with E-state index in [1.54, 1.807) is 19.0 Å². The Bertz CT molecular complexity index is 268. The summed E-state index contributed by atoms with van der Waals surface area (Å²) in [7, 11) is 4.72. The fraction of sp³-hybridized carbons (Fsp3) is 0.800. The monoisotopic (exact) mass is 230 g/mol. The molecule has 0 aliphatic carbocycles. The van der Waals surface area contributed by atoms with Crippen LogP contribution in [0.4, 0.5) is 0 Å². The zero-order valence-electron chi connectivity index (χ0n) is 9.93. The smallest absolute Gasteiger partial charge is 0.325 e. The number of hydrogen-bond acceptors (Lipinski definition) is 5. The molecule has 1 fully saturated rings. The highest BCUT2D eigenvalue weighted by Crippen LogP contribution is 2.08. The number of carbonyl (C=O) groups is 2. The molecule has 6 heteroatoms. The molecule has 1 heterocycles. The number of amides is 1. The molecule has 1 unspecified atom stereocenters. The summed E-state index contributed by atoms with van der Waals surface area (Å²) in [5, 5.41) is 0. The molecule has 1 amide bonds. The molecule has 0 aromatic carbocycles. The minimum Gasteiger partial charge on any atom is -0.468 e. The first-order valence-electron chi connectivity index (χ1n) is 5.16. The molecule has 0 saturated carbocycles. The third kappa shape index (κ3) is 3.18. The van der Waals surface area contributed by atoms with Gasteiger partial charge in [0.1, 0.15) is 6.04 Å². The Morgan fingerprint density at radius 2 is 2.19 bits per heavy atom.